The van der Waals surface area contributed by atoms with Crippen LogP contribution in [0.4, 0.5) is 28.0 Å². The molecule has 3 heterocycles. The molecule has 0 unspecified atom stereocenters. The van der Waals surface area contributed by atoms with Crippen molar-refractivity contribution in [2.45, 2.75) is 31.2 Å². The van der Waals surface area contributed by atoms with Gasteiger partial charge in [-0.2, -0.15) is 13.2 Å². The van der Waals surface area contributed by atoms with E-state index in [-0.39, 0.29) is 43.3 Å². The van der Waals surface area contributed by atoms with Gasteiger partial charge in [-0.15, -0.1) is 0 Å². The third-order valence-electron chi connectivity index (χ3n) is 5.93. The van der Waals surface area contributed by atoms with Crippen molar-refractivity contribution in [2.24, 2.45) is 0 Å². The quantitative estimate of drug-likeness (QED) is 0.396. The van der Waals surface area contributed by atoms with E-state index in [0.717, 1.165) is 17.9 Å². The van der Waals surface area contributed by atoms with Gasteiger partial charge in [0.2, 0.25) is 12.0 Å². The second kappa shape index (κ2) is 8.42. The number of hydrogen-bond donors (Lipinski definition) is 1. The largest absolute Gasteiger partial charge is 0.511 e. The first kappa shape index (κ1) is 23.7. The van der Waals surface area contributed by atoms with Crippen LogP contribution in [-0.4, -0.2) is 65.8 Å². The molecule has 0 radical (unpaired) electrons. The van der Waals surface area contributed by atoms with Gasteiger partial charge in [-0.3, -0.25) is 4.79 Å². The molecule has 0 aliphatic carbocycles. The van der Waals surface area contributed by atoms with Crippen LogP contribution < -0.4 is 19.8 Å². The molecule has 2 aliphatic heterocycles. The first-order valence-corrected chi connectivity index (χ1v) is 10.2. The zero-order valence-corrected chi connectivity index (χ0v) is 17.9. The summed E-state index contributed by atoms with van der Waals surface area (Å²) < 4.78 is 71.8. The van der Waals surface area contributed by atoms with Crippen molar-refractivity contribution in [3.8, 4) is 11.5 Å². The maximum atomic E-state index is 15.3. The fourth-order valence-corrected chi connectivity index (χ4v) is 4.50. The first-order valence-electron chi connectivity index (χ1n) is 10.2. The molecule has 1 aromatic heterocycles. The Balaban J connectivity index is 1.85. The number of hydrogen-bond acceptors (Lipinski definition) is 7. The van der Waals surface area contributed by atoms with E-state index in [9.17, 15) is 27.7 Å². The van der Waals surface area contributed by atoms with Gasteiger partial charge >= 0.3 is 12.3 Å². The number of rotatable bonds is 4. The third kappa shape index (κ3) is 4.36. The average Bonchev–Trinajstić information content (AvgIpc) is 3.10. The lowest BCUT2D eigenvalue weighted by Gasteiger charge is -2.37. The van der Waals surface area contributed by atoms with Gasteiger partial charge in [-0.25, -0.2) is 9.18 Å². The van der Waals surface area contributed by atoms with E-state index < -0.39 is 46.9 Å². The Morgan fingerprint density at radius 1 is 1.32 bits per heavy atom. The number of benzene rings is 1. The number of fused-ring (bicyclic) bond motifs is 1. The summed E-state index contributed by atoms with van der Waals surface area (Å²) in [5.74, 6) is -2.16. The van der Waals surface area contributed by atoms with Crippen LogP contribution in [0.25, 0.3) is 10.9 Å². The standard InChI is InChI=1S/C20H19F4N3O7/c1-32-17-14-11(16(28)13(34-18(29)30)7-26(14)9-20(22,23)24)6-12(21)15(17)25-4-2-19(3-5-25)8-27(31)10-33-19/h6-7H,2-5,8-10H2,1H3/p+1. The van der Waals surface area contributed by atoms with Crippen LogP contribution in [0.2, 0.25) is 0 Å². The fourth-order valence-electron chi connectivity index (χ4n) is 4.50. The normalized spacial score (nSPS) is 18.0. The molecule has 1 spiro atoms. The summed E-state index contributed by atoms with van der Waals surface area (Å²) in [6, 6.07) is 0.743. The van der Waals surface area contributed by atoms with E-state index in [0.29, 0.717) is 23.6 Å². The minimum absolute atomic E-state index is 0.0713. The molecule has 4 rings (SSSR count). The van der Waals surface area contributed by atoms with Crippen molar-refractivity contribution < 1.29 is 46.4 Å². The highest BCUT2D eigenvalue weighted by atomic mass is 19.4. The summed E-state index contributed by atoms with van der Waals surface area (Å²) in [7, 11) is 1.13. The molecule has 2 aromatic rings. The van der Waals surface area contributed by atoms with Gasteiger partial charge in [0.25, 0.3) is 6.73 Å². The molecular weight excluding hydrogens is 470 g/mol. The predicted octanol–water partition coefficient (Wildman–Crippen LogP) is 2.87. The molecule has 2 aliphatic rings. The van der Waals surface area contributed by atoms with Crippen LogP contribution in [0.15, 0.2) is 17.1 Å². The monoisotopic (exact) mass is 490 g/mol. The minimum Gasteiger partial charge on any atom is -0.492 e. The van der Waals surface area contributed by atoms with E-state index in [1.165, 1.54) is 0 Å². The van der Waals surface area contributed by atoms with Gasteiger partial charge in [0, 0.05) is 35.6 Å². The zero-order valence-electron chi connectivity index (χ0n) is 17.9. The van der Waals surface area contributed by atoms with Crippen molar-refractivity contribution in [2.75, 3.05) is 38.4 Å². The lowest BCUT2D eigenvalue weighted by molar-refractivity contribution is -0.546. The number of carbonyl (C=O) groups is 1. The van der Waals surface area contributed by atoms with Gasteiger partial charge in [0.1, 0.15) is 17.8 Å². The summed E-state index contributed by atoms with van der Waals surface area (Å²) in [6.45, 7) is -1.09. The van der Waals surface area contributed by atoms with Crippen molar-refractivity contribution >= 4 is 22.7 Å². The number of alkyl halides is 3. The molecule has 184 valence electrons. The van der Waals surface area contributed by atoms with Gasteiger partial charge in [0.05, 0.1) is 24.2 Å². The summed E-state index contributed by atoms with van der Waals surface area (Å²) in [6.07, 6.45) is -5.33. The number of aromatic nitrogens is 1. The van der Waals surface area contributed by atoms with Crippen LogP contribution in [0.3, 0.4) is 0 Å². The average molecular weight is 490 g/mol. The van der Waals surface area contributed by atoms with Crippen LogP contribution in [-0.2, 0) is 11.3 Å². The number of nitrogens with zero attached hydrogens (tertiary/aromatic N) is 3. The van der Waals surface area contributed by atoms with Crippen molar-refractivity contribution in [3.63, 3.8) is 0 Å². The second-order valence-electron chi connectivity index (χ2n) is 8.15. The molecule has 2 saturated heterocycles. The van der Waals surface area contributed by atoms with E-state index >= 15 is 4.39 Å². The SMILES string of the molecule is COc1c(N2CCC3(CC2)C[N+](=O)CO3)c(F)cc2c(=O)c(OC(=O)O)cn(CC(F)(F)F)c12. The molecule has 10 nitrogen and oxygen atoms in total. The Morgan fingerprint density at radius 3 is 2.53 bits per heavy atom. The summed E-state index contributed by atoms with van der Waals surface area (Å²) in [4.78, 5) is 36.8. The molecular formula is C20H20F4N3O7+. The molecule has 2 fully saturated rings. The predicted molar refractivity (Wildman–Crippen MR) is 108 cm³/mol. The summed E-state index contributed by atoms with van der Waals surface area (Å²) in [5.41, 5.74) is -2.29. The van der Waals surface area contributed by atoms with E-state index in [1.54, 1.807) is 4.90 Å². The number of anilines is 1. The fraction of sp³-hybridized carbons (Fsp3) is 0.500. The third-order valence-corrected chi connectivity index (χ3v) is 5.93. The Bertz CT molecular complexity index is 1220. The maximum absolute atomic E-state index is 15.3. The number of ether oxygens (including phenoxy) is 3. The Labute approximate surface area is 188 Å². The molecule has 0 saturated carbocycles. The molecule has 1 aromatic carbocycles. The molecule has 14 heteroatoms. The van der Waals surface area contributed by atoms with Crippen molar-refractivity contribution in [3.05, 3.63) is 33.2 Å². The highest BCUT2D eigenvalue weighted by molar-refractivity contribution is 5.92. The topological polar surface area (TPSA) is 110 Å². The Morgan fingerprint density at radius 2 is 2.00 bits per heavy atom. The van der Waals surface area contributed by atoms with Crippen LogP contribution in [0.1, 0.15) is 12.8 Å². The number of nitroso groups, excluding NO2 is 1. The van der Waals surface area contributed by atoms with E-state index in [2.05, 4.69) is 4.74 Å². The Kier molecular flexibility index (Phi) is 5.87. The lowest BCUT2D eigenvalue weighted by Crippen LogP contribution is -2.46. The molecule has 0 atom stereocenters. The van der Waals surface area contributed by atoms with Gasteiger partial charge in [-0.1, -0.05) is 0 Å². The highest BCUT2D eigenvalue weighted by Crippen LogP contribution is 2.42. The van der Waals surface area contributed by atoms with E-state index in [4.69, 9.17) is 14.6 Å². The number of carboxylic acid groups (broad SMARTS) is 1. The first-order chi connectivity index (χ1) is 15.9. The zero-order chi connectivity index (χ0) is 24.8. The number of pyridine rings is 1. The van der Waals surface area contributed by atoms with Crippen LogP contribution in [0, 0.1) is 10.7 Å². The highest BCUT2D eigenvalue weighted by Gasteiger charge is 2.48. The molecule has 0 amide bonds. The molecule has 1 N–H and O–H groups in total. The smallest absolute Gasteiger partial charge is 0.492 e. The number of halogens is 4. The van der Waals surface area contributed by atoms with Crippen LogP contribution >= 0.6 is 0 Å². The van der Waals surface area contributed by atoms with Crippen molar-refractivity contribution in [1.29, 1.82) is 0 Å². The molecule has 34 heavy (non-hydrogen) atoms. The number of methoxy groups -OCH3 is 1. The maximum Gasteiger partial charge on any atom is 0.511 e. The van der Waals surface area contributed by atoms with Gasteiger partial charge < -0.3 is 28.8 Å². The lowest BCUT2D eigenvalue weighted by atomic mass is 9.91. The van der Waals surface area contributed by atoms with Gasteiger partial charge in [-0.05, 0) is 6.07 Å². The summed E-state index contributed by atoms with van der Waals surface area (Å²) >= 11 is 0. The van der Waals surface area contributed by atoms with E-state index in [1.807, 2.05) is 0 Å². The van der Waals surface area contributed by atoms with Gasteiger partial charge in [0.15, 0.2) is 17.3 Å². The molecule has 0 bridgehead atoms. The summed E-state index contributed by atoms with van der Waals surface area (Å²) in [5, 5.41) is 8.30. The minimum atomic E-state index is -4.76. The second-order valence-corrected chi connectivity index (χ2v) is 8.15. The Hall–Kier alpha value is -3.42. The van der Waals surface area contributed by atoms with Crippen LogP contribution in [0.5, 0.6) is 11.5 Å². The number of piperidine rings is 1. The van der Waals surface area contributed by atoms with Crippen molar-refractivity contribution in [1.82, 2.24) is 4.57 Å².